The second kappa shape index (κ2) is 6.67. The molecule has 3 rings (SSSR count). The van der Waals surface area contributed by atoms with Gasteiger partial charge in [0.1, 0.15) is 10.8 Å². The van der Waals surface area contributed by atoms with Gasteiger partial charge in [0.25, 0.3) is 0 Å². The molecule has 1 amide bonds. The molecule has 0 bridgehead atoms. The predicted octanol–water partition coefficient (Wildman–Crippen LogP) is 2.07. The maximum atomic E-state index is 12.3. The number of thiazole rings is 1. The smallest absolute Gasteiger partial charge is 0.225 e. The van der Waals surface area contributed by atoms with E-state index in [0.717, 1.165) is 36.8 Å². The Morgan fingerprint density at radius 1 is 1.38 bits per heavy atom. The molecule has 6 heteroatoms. The first-order valence-corrected chi connectivity index (χ1v) is 8.03. The third-order valence-electron chi connectivity index (χ3n) is 3.66. The number of piperidine rings is 1. The quantitative estimate of drug-likeness (QED) is 0.939. The maximum Gasteiger partial charge on any atom is 0.225 e. The fourth-order valence-electron chi connectivity index (χ4n) is 2.59. The Kier molecular flexibility index (Phi) is 4.45. The highest BCUT2D eigenvalue weighted by atomic mass is 32.1. The van der Waals surface area contributed by atoms with Crippen molar-refractivity contribution >= 4 is 23.1 Å². The van der Waals surface area contributed by atoms with E-state index in [1.54, 1.807) is 23.7 Å². The lowest BCUT2D eigenvalue weighted by Gasteiger charge is -2.32. The lowest BCUT2D eigenvalue weighted by atomic mass is 9.97. The van der Waals surface area contributed by atoms with Gasteiger partial charge < -0.3 is 10.2 Å². The second-order valence-electron chi connectivity index (χ2n) is 5.12. The van der Waals surface area contributed by atoms with Crippen LogP contribution in [-0.4, -0.2) is 29.0 Å². The van der Waals surface area contributed by atoms with Gasteiger partial charge in [-0.2, -0.15) is 0 Å². The fourth-order valence-corrected chi connectivity index (χ4v) is 3.14. The molecule has 1 saturated heterocycles. The molecule has 2 aromatic rings. The van der Waals surface area contributed by atoms with Crippen molar-refractivity contribution in [3.8, 4) is 0 Å². The highest BCUT2D eigenvalue weighted by molar-refractivity contribution is 7.09. The molecule has 5 nitrogen and oxygen atoms in total. The van der Waals surface area contributed by atoms with E-state index in [9.17, 15) is 4.79 Å². The summed E-state index contributed by atoms with van der Waals surface area (Å²) in [6.07, 6.45) is 5.51. The molecule has 1 fully saturated rings. The zero-order valence-corrected chi connectivity index (χ0v) is 12.6. The molecule has 2 aromatic heterocycles. The summed E-state index contributed by atoms with van der Waals surface area (Å²) in [4.78, 5) is 23.0. The van der Waals surface area contributed by atoms with Crippen molar-refractivity contribution in [3.63, 3.8) is 0 Å². The summed E-state index contributed by atoms with van der Waals surface area (Å²) in [6.45, 7) is 2.23. The van der Waals surface area contributed by atoms with Crippen LogP contribution in [0.2, 0.25) is 0 Å². The number of rotatable bonds is 4. The van der Waals surface area contributed by atoms with Crippen LogP contribution >= 0.6 is 11.3 Å². The van der Waals surface area contributed by atoms with E-state index in [1.165, 1.54) is 0 Å². The first-order chi connectivity index (χ1) is 10.3. The highest BCUT2D eigenvalue weighted by Crippen LogP contribution is 2.21. The van der Waals surface area contributed by atoms with Crippen LogP contribution < -0.4 is 10.2 Å². The van der Waals surface area contributed by atoms with E-state index in [2.05, 4.69) is 20.2 Å². The van der Waals surface area contributed by atoms with Crippen molar-refractivity contribution in [2.45, 2.75) is 19.4 Å². The number of nitrogens with one attached hydrogen (secondary N) is 1. The third-order valence-corrected chi connectivity index (χ3v) is 4.44. The van der Waals surface area contributed by atoms with E-state index >= 15 is 0 Å². The highest BCUT2D eigenvalue weighted by Gasteiger charge is 2.26. The molecule has 1 aliphatic rings. The lowest BCUT2D eigenvalue weighted by Crippen LogP contribution is -2.43. The first-order valence-electron chi connectivity index (χ1n) is 7.15. The van der Waals surface area contributed by atoms with Crippen LogP contribution in [0.1, 0.15) is 17.8 Å². The standard InChI is InChI=1S/C15H18N4OS/c20-15(18-10-14-17-7-9-21-14)12-4-3-8-19(11-12)13-5-1-2-6-16-13/h1-2,5-7,9,12H,3-4,8,10-11H2,(H,18,20). The molecular weight excluding hydrogens is 284 g/mol. The van der Waals surface area contributed by atoms with Gasteiger partial charge in [-0.25, -0.2) is 9.97 Å². The third kappa shape index (κ3) is 3.58. The van der Waals surface area contributed by atoms with Crippen molar-refractivity contribution in [2.24, 2.45) is 5.92 Å². The number of hydrogen-bond acceptors (Lipinski definition) is 5. The Morgan fingerprint density at radius 2 is 2.33 bits per heavy atom. The Labute approximate surface area is 128 Å². The van der Waals surface area contributed by atoms with Crippen LogP contribution in [0.3, 0.4) is 0 Å². The van der Waals surface area contributed by atoms with Gasteiger partial charge in [0, 0.05) is 30.9 Å². The molecule has 1 atom stereocenters. The molecule has 1 unspecified atom stereocenters. The van der Waals surface area contributed by atoms with Gasteiger partial charge in [-0.1, -0.05) is 6.07 Å². The minimum atomic E-state index is 0.0284. The number of carbonyl (C=O) groups excluding carboxylic acids is 1. The average Bonchev–Trinajstić information content (AvgIpc) is 3.07. The van der Waals surface area contributed by atoms with Crippen molar-refractivity contribution in [2.75, 3.05) is 18.0 Å². The second-order valence-corrected chi connectivity index (χ2v) is 6.10. The molecule has 110 valence electrons. The molecule has 0 saturated carbocycles. The lowest BCUT2D eigenvalue weighted by molar-refractivity contribution is -0.125. The summed E-state index contributed by atoms with van der Waals surface area (Å²) in [5.74, 6) is 1.10. The van der Waals surface area contributed by atoms with Crippen LogP contribution in [-0.2, 0) is 11.3 Å². The maximum absolute atomic E-state index is 12.3. The normalized spacial score (nSPS) is 18.5. The van der Waals surface area contributed by atoms with Crippen molar-refractivity contribution in [1.29, 1.82) is 0 Å². The van der Waals surface area contributed by atoms with Gasteiger partial charge >= 0.3 is 0 Å². The van der Waals surface area contributed by atoms with Gasteiger partial charge in [-0.05, 0) is 25.0 Å². The molecular formula is C15H18N4OS. The zero-order valence-electron chi connectivity index (χ0n) is 11.7. The summed E-state index contributed by atoms with van der Waals surface area (Å²) >= 11 is 1.56. The summed E-state index contributed by atoms with van der Waals surface area (Å²) in [6, 6.07) is 5.88. The molecule has 0 radical (unpaired) electrons. The molecule has 3 heterocycles. The van der Waals surface area contributed by atoms with Gasteiger partial charge in [0.05, 0.1) is 12.5 Å². The first kappa shape index (κ1) is 14.0. The van der Waals surface area contributed by atoms with Crippen LogP contribution in [0.4, 0.5) is 5.82 Å². The minimum Gasteiger partial charge on any atom is -0.356 e. The molecule has 0 aromatic carbocycles. The average molecular weight is 302 g/mol. The van der Waals surface area contributed by atoms with E-state index in [0.29, 0.717) is 6.54 Å². The Hall–Kier alpha value is -1.95. The minimum absolute atomic E-state index is 0.0284. The van der Waals surface area contributed by atoms with Crippen molar-refractivity contribution < 1.29 is 4.79 Å². The molecule has 1 N–H and O–H groups in total. The molecule has 1 aliphatic heterocycles. The van der Waals surface area contributed by atoms with Gasteiger partial charge in [0.2, 0.25) is 5.91 Å². The van der Waals surface area contributed by atoms with Crippen molar-refractivity contribution in [3.05, 3.63) is 41.0 Å². The number of aromatic nitrogens is 2. The van der Waals surface area contributed by atoms with Gasteiger partial charge in [-0.15, -0.1) is 11.3 Å². The zero-order chi connectivity index (χ0) is 14.5. The molecule has 21 heavy (non-hydrogen) atoms. The Bertz CT molecular complexity index is 573. The van der Waals surface area contributed by atoms with E-state index < -0.39 is 0 Å². The predicted molar refractivity (Wildman–Crippen MR) is 83.1 cm³/mol. The monoisotopic (exact) mass is 302 g/mol. The summed E-state index contributed by atoms with van der Waals surface area (Å²) in [5.41, 5.74) is 0. The van der Waals surface area contributed by atoms with Gasteiger partial charge in [0.15, 0.2) is 0 Å². The largest absolute Gasteiger partial charge is 0.356 e. The van der Waals surface area contributed by atoms with Crippen LogP contribution in [0, 0.1) is 5.92 Å². The number of hydrogen-bond donors (Lipinski definition) is 1. The summed E-state index contributed by atoms with van der Waals surface area (Å²) in [7, 11) is 0. The fraction of sp³-hybridized carbons (Fsp3) is 0.400. The van der Waals surface area contributed by atoms with E-state index in [-0.39, 0.29) is 11.8 Å². The number of anilines is 1. The number of pyridine rings is 1. The van der Waals surface area contributed by atoms with Gasteiger partial charge in [-0.3, -0.25) is 4.79 Å². The molecule has 0 aliphatic carbocycles. The number of nitrogens with zero attached hydrogens (tertiary/aromatic N) is 3. The van der Waals surface area contributed by atoms with E-state index in [4.69, 9.17) is 0 Å². The van der Waals surface area contributed by atoms with Crippen LogP contribution in [0.5, 0.6) is 0 Å². The number of amides is 1. The topological polar surface area (TPSA) is 58.1 Å². The summed E-state index contributed by atoms with van der Waals surface area (Å²) < 4.78 is 0. The summed E-state index contributed by atoms with van der Waals surface area (Å²) in [5, 5.41) is 5.86. The van der Waals surface area contributed by atoms with Crippen LogP contribution in [0.25, 0.3) is 0 Å². The Morgan fingerprint density at radius 3 is 3.10 bits per heavy atom. The molecule has 0 spiro atoms. The van der Waals surface area contributed by atoms with E-state index in [1.807, 2.05) is 23.6 Å². The van der Waals surface area contributed by atoms with Crippen LogP contribution in [0.15, 0.2) is 36.0 Å². The SMILES string of the molecule is O=C(NCc1nccs1)C1CCCN(c2ccccn2)C1. The number of carbonyl (C=O) groups is 1. The van der Waals surface area contributed by atoms with Crippen molar-refractivity contribution in [1.82, 2.24) is 15.3 Å². The Balaban J connectivity index is 1.56.